The third-order valence-electron chi connectivity index (χ3n) is 6.65. The fourth-order valence-corrected chi connectivity index (χ4v) is 5.19. The summed E-state index contributed by atoms with van der Waals surface area (Å²) in [5.41, 5.74) is 4.57. The number of amides is 1. The average Bonchev–Trinajstić information content (AvgIpc) is 3.53. The van der Waals surface area contributed by atoms with Gasteiger partial charge in [0.05, 0.1) is 11.1 Å². The standard InChI is InChI=1S/C26H30N4OS/c1-20-7-9-21(10-8-20)17-27-25-28-23(19-32-25)18-29-13-15-30(16-14-29)24(31)26(11-12-26)22-5-3-2-4-6-22/h2-10,19H,11-18H2,1H3,(H,27,28). The van der Waals surface area contributed by atoms with Crippen LogP contribution in [0.3, 0.4) is 0 Å². The van der Waals surface area contributed by atoms with Crippen LogP contribution < -0.4 is 5.32 Å². The lowest BCUT2D eigenvalue weighted by atomic mass is 9.94. The van der Waals surface area contributed by atoms with E-state index in [4.69, 9.17) is 4.98 Å². The first-order valence-electron chi connectivity index (χ1n) is 11.4. The Morgan fingerprint density at radius 3 is 2.44 bits per heavy atom. The van der Waals surface area contributed by atoms with Gasteiger partial charge in [-0.15, -0.1) is 11.3 Å². The molecule has 0 spiro atoms. The van der Waals surface area contributed by atoms with Crippen LogP contribution in [0.2, 0.25) is 0 Å². The summed E-state index contributed by atoms with van der Waals surface area (Å²) in [7, 11) is 0. The fraction of sp³-hybridized carbons (Fsp3) is 0.385. The van der Waals surface area contributed by atoms with Crippen molar-refractivity contribution in [2.75, 3.05) is 31.5 Å². The monoisotopic (exact) mass is 446 g/mol. The van der Waals surface area contributed by atoms with Gasteiger partial charge in [0.15, 0.2) is 5.13 Å². The minimum atomic E-state index is -0.254. The molecule has 1 saturated heterocycles. The predicted molar refractivity (Wildman–Crippen MR) is 130 cm³/mol. The van der Waals surface area contributed by atoms with Gasteiger partial charge in [-0.2, -0.15) is 0 Å². The molecule has 0 atom stereocenters. The normalized spacial score (nSPS) is 17.8. The van der Waals surface area contributed by atoms with Gasteiger partial charge in [0.2, 0.25) is 5.91 Å². The summed E-state index contributed by atoms with van der Waals surface area (Å²) in [5.74, 6) is 0.319. The van der Waals surface area contributed by atoms with Gasteiger partial charge in [-0.3, -0.25) is 9.69 Å². The average molecular weight is 447 g/mol. The highest BCUT2D eigenvalue weighted by molar-refractivity contribution is 7.13. The van der Waals surface area contributed by atoms with Crippen LogP contribution in [0.5, 0.6) is 0 Å². The molecule has 1 N–H and O–H groups in total. The molecular weight excluding hydrogens is 416 g/mol. The van der Waals surface area contributed by atoms with Gasteiger partial charge >= 0.3 is 0 Å². The van der Waals surface area contributed by atoms with Crippen LogP contribution in [-0.4, -0.2) is 46.9 Å². The van der Waals surface area contributed by atoms with Crippen molar-refractivity contribution >= 4 is 22.4 Å². The Bertz CT molecular complexity index is 1050. The summed E-state index contributed by atoms with van der Waals surface area (Å²) < 4.78 is 0. The molecule has 2 aromatic carbocycles. The molecule has 0 bridgehead atoms. The second kappa shape index (κ2) is 9.04. The summed E-state index contributed by atoms with van der Waals surface area (Å²) in [6.07, 6.45) is 1.96. The lowest BCUT2D eigenvalue weighted by molar-refractivity contribution is -0.135. The zero-order valence-electron chi connectivity index (χ0n) is 18.6. The highest BCUT2D eigenvalue weighted by atomic mass is 32.1. The molecule has 5 rings (SSSR count). The van der Waals surface area contributed by atoms with Gasteiger partial charge in [-0.1, -0.05) is 60.2 Å². The Morgan fingerprint density at radius 1 is 1.03 bits per heavy atom. The minimum absolute atomic E-state index is 0.254. The van der Waals surface area contributed by atoms with Crippen molar-refractivity contribution in [3.8, 4) is 0 Å². The SMILES string of the molecule is Cc1ccc(CNc2nc(CN3CCN(C(=O)C4(c5ccccc5)CC4)CC3)cs2)cc1. The third kappa shape index (κ3) is 4.57. The van der Waals surface area contributed by atoms with Crippen molar-refractivity contribution in [2.24, 2.45) is 0 Å². The van der Waals surface area contributed by atoms with Crippen molar-refractivity contribution in [3.05, 3.63) is 82.4 Å². The first kappa shape index (κ1) is 21.2. The van der Waals surface area contributed by atoms with Crippen LogP contribution in [0, 0.1) is 6.92 Å². The van der Waals surface area contributed by atoms with Crippen LogP contribution >= 0.6 is 11.3 Å². The van der Waals surface area contributed by atoms with E-state index in [9.17, 15) is 4.79 Å². The maximum Gasteiger partial charge on any atom is 0.233 e. The first-order valence-corrected chi connectivity index (χ1v) is 12.3. The van der Waals surface area contributed by atoms with Gasteiger partial charge in [-0.05, 0) is 30.9 Å². The molecule has 6 heteroatoms. The number of piperazine rings is 1. The zero-order valence-corrected chi connectivity index (χ0v) is 19.4. The van der Waals surface area contributed by atoms with E-state index in [1.165, 1.54) is 16.7 Å². The Labute approximate surface area is 194 Å². The smallest absolute Gasteiger partial charge is 0.233 e. The summed E-state index contributed by atoms with van der Waals surface area (Å²) in [6, 6.07) is 18.9. The molecule has 1 amide bonds. The van der Waals surface area contributed by atoms with Gasteiger partial charge in [0.1, 0.15) is 0 Å². The third-order valence-corrected chi connectivity index (χ3v) is 7.50. The molecular formula is C26H30N4OS. The van der Waals surface area contributed by atoms with Gasteiger partial charge < -0.3 is 10.2 Å². The molecule has 0 radical (unpaired) electrons. The molecule has 2 aliphatic rings. The van der Waals surface area contributed by atoms with Gasteiger partial charge in [0.25, 0.3) is 0 Å². The van der Waals surface area contributed by atoms with E-state index in [1.54, 1.807) is 11.3 Å². The van der Waals surface area contributed by atoms with Crippen LogP contribution in [0.25, 0.3) is 0 Å². The van der Waals surface area contributed by atoms with Crippen LogP contribution in [-0.2, 0) is 23.3 Å². The number of aromatic nitrogens is 1. The fourth-order valence-electron chi connectivity index (χ4n) is 4.49. The zero-order chi connectivity index (χ0) is 22.0. The molecule has 2 fully saturated rings. The van der Waals surface area contributed by atoms with Crippen molar-refractivity contribution in [1.29, 1.82) is 0 Å². The quantitative estimate of drug-likeness (QED) is 0.583. The number of benzene rings is 2. The number of nitrogens with one attached hydrogen (secondary N) is 1. The van der Waals surface area contributed by atoms with E-state index < -0.39 is 0 Å². The highest BCUT2D eigenvalue weighted by Crippen LogP contribution is 2.49. The Kier molecular flexibility index (Phi) is 5.98. The molecule has 0 unspecified atom stereocenters. The molecule has 1 aliphatic heterocycles. The molecule has 2 heterocycles. The highest BCUT2D eigenvalue weighted by Gasteiger charge is 2.53. The predicted octanol–water partition coefficient (Wildman–Crippen LogP) is 4.44. The van der Waals surface area contributed by atoms with Crippen LogP contribution in [0.4, 0.5) is 5.13 Å². The van der Waals surface area contributed by atoms with E-state index in [-0.39, 0.29) is 5.41 Å². The Morgan fingerprint density at radius 2 is 1.75 bits per heavy atom. The number of carbonyl (C=O) groups is 1. The Hall–Kier alpha value is -2.70. The van der Waals surface area contributed by atoms with E-state index in [0.29, 0.717) is 5.91 Å². The van der Waals surface area contributed by atoms with Crippen LogP contribution in [0.1, 0.15) is 35.2 Å². The van der Waals surface area contributed by atoms with Crippen molar-refractivity contribution in [3.63, 3.8) is 0 Å². The van der Waals surface area contributed by atoms with Crippen molar-refractivity contribution in [2.45, 2.75) is 38.3 Å². The Balaban J connectivity index is 1.11. The van der Waals surface area contributed by atoms with E-state index in [2.05, 4.69) is 63.8 Å². The molecule has 32 heavy (non-hydrogen) atoms. The summed E-state index contributed by atoms with van der Waals surface area (Å²) in [6.45, 7) is 7.14. The number of nitrogens with zero attached hydrogens (tertiary/aromatic N) is 3. The maximum atomic E-state index is 13.2. The molecule has 166 valence electrons. The van der Waals surface area contributed by atoms with Crippen molar-refractivity contribution < 1.29 is 4.79 Å². The minimum Gasteiger partial charge on any atom is -0.357 e. The van der Waals surface area contributed by atoms with E-state index in [0.717, 1.165) is 62.9 Å². The number of hydrogen-bond donors (Lipinski definition) is 1. The molecule has 3 aromatic rings. The molecule has 5 nitrogen and oxygen atoms in total. The largest absolute Gasteiger partial charge is 0.357 e. The number of thiazole rings is 1. The molecule has 1 saturated carbocycles. The topological polar surface area (TPSA) is 48.5 Å². The van der Waals surface area contributed by atoms with Crippen LogP contribution in [0.15, 0.2) is 60.0 Å². The molecule has 1 aliphatic carbocycles. The van der Waals surface area contributed by atoms with E-state index >= 15 is 0 Å². The lowest BCUT2D eigenvalue weighted by Gasteiger charge is -2.36. The maximum absolute atomic E-state index is 13.2. The number of hydrogen-bond acceptors (Lipinski definition) is 5. The number of rotatable bonds is 7. The number of anilines is 1. The second-order valence-electron chi connectivity index (χ2n) is 9.00. The number of aryl methyl sites for hydroxylation is 1. The summed E-state index contributed by atoms with van der Waals surface area (Å²) in [4.78, 5) is 22.5. The van der Waals surface area contributed by atoms with Gasteiger partial charge in [-0.25, -0.2) is 4.98 Å². The first-order chi connectivity index (χ1) is 15.6. The summed E-state index contributed by atoms with van der Waals surface area (Å²) in [5, 5.41) is 6.54. The van der Waals surface area contributed by atoms with Gasteiger partial charge in [0, 0.05) is 44.6 Å². The van der Waals surface area contributed by atoms with Crippen molar-refractivity contribution in [1.82, 2.24) is 14.8 Å². The van der Waals surface area contributed by atoms with E-state index in [1.807, 2.05) is 18.2 Å². The number of carbonyl (C=O) groups excluding carboxylic acids is 1. The lowest BCUT2D eigenvalue weighted by Crippen LogP contribution is -2.51. The molecule has 1 aromatic heterocycles. The summed E-state index contributed by atoms with van der Waals surface area (Å²) >= 11 is 1.66. The second-order valence-corrected chi connectivity index (χ2v) is 9.86.